The second-order valence-corrected chi connectivity index (χ2v) is 9.84. The van der Waals surface area contributed by atoms with E-state index in [0.29, 0.717) is 5.56 Å². The predicted octanol–water partition coefficient (Wildman–Crippen LogP) is 7.93. The minimum Gasteiger partial charge on any atom is -0.459 e. The van der Waals surface area contributed by atoms with E-state index in [1.807, 2.05) is 24.3 Å². The maximum absolute atomic E-state index is 14.7. The highest BCUT2D eigenvalue weighted by atomic mass is 19.1. The molecule has 2 nitrogen and oxygen atoms in total. The van der Waals surface area contributed by atoms with Gasteiger partial charge in [0.15, 0.2) is 0 Å². The van der Waals surface area contributed by atoms with E-state index in [1.165, 1.54) is 56.9 Å². The lowest BCUT2D eigenvalue weighted by atomic mass is 9.78. The van der Waals surface area contributed by atoms with Crippen molar-refractivity contribution < 1.29 is 13.9 Å². The van der Waals surface area contributed by atoms with E-state index < -0.39 is 0 Å². The summed E-state index contributed by atoms with van der Waals surface area (Å²) in [6.07, 6.45) is 16.3. The molecule has 0 bridgehead atoms. The highest BCUT2D eigenvalue weighted by Crippen LogP contribution is 2.34. The first-order valence-electron chi connectivity index (χ1n) is 13.0. The second kappa shape index (κ2) is 12.7. The number of rotatable bonds is 9. The van der Waals surface area contributed by atoms with E-state index in [0.717, 1.165) is 42.2 Å². The molecule has 0 spiro atoms. The van der Waals surface area contributed by atoms with Crippen molar-refractivity contribution in [2.45, 2.75) is 83.8 Å². The third kappa shape index (κ3) is 7.39. The fraction of sp³-hybridized carbons (Fsp3) is 0.484. The Balaban J connectivity index is 1.23. The minimum absolute atomic E-state index is 0.184. The van der Waals surface area contributed by atoms with Gasteiger partial charge >= 0.3 is 0 Å². The molecule has 34 heavy (non-hydrogen) atoms. The van der Waals surface area contributed by atoms with Crippen molar-refractivity contribution in [2.24, 2.45) is 11.8 Å². The fourth-order valence-corrected chi connectivity index (χ4v) is 5.07. The summed E-state index contributed by atoms with van der Waals surface area (Å²) in [5.41, 5.74) is 3.64. The maximum Gasteiger partial charge on any atom is 0.240 e. The molecule has 1 aliphatic heterocycles. The second-order valence-electron chi connectivity index (χ2n) is 9.84. The zero-order valence-electron chi connectivity index (χ0n) is 20.4. The minimum atomic E-state index is -0.213. The summed E-state index contributed by atoms with van der Waals surface area (Å²) in [5.74, 6) is 7.64. The van der Waals surface area contributed by atoms with Gasteiger partial charge in [-0.2, -0.15) is 0 Å². The van der Waals surface area contributed by atoms with Crippen molar-refractivity contribution in [3.8, 4) is 11.8 Å². The molecule has 1 fully saturated rings. The van der Waals surface area contributed by atoms with E-state index in [-0.39, 0.29) is 12.1 Å². The van der Waals surface area contributed by atoms with Crippen LogP contribution in [-0.4, -0.2) is 6.29 Å². The van der Waals surface area contributed by atoms with Crippen LogP contribution in [0.2, 0.25) is 0 Å². The van der Waals surface area contributed by atoms with Crippen molar-refractivity contribution >= 4 is 0 Å². The monoisotopic (exact) mass is 460 g/mol. The zero-order valence-corrected chi connectivity index (χ0v) is 20.4. The molecule has 4 rings (SSSR count). The highest BCUT2D eigenvalue weighted by molar-refractivity contribution is 5.44. The summed E-state index contributed by atoms with van der Waals surface area (Å²) in [5, 5.41) is 0. The Hall–Kier alpha value is -2.73. The van der Waals surface area contributed by atoms with Gasteiger partial charge in [0.25, 0.3) is 0 Å². The van der Waals surface area contributed by atoms with E-state index in [4.69, 9.17) is 9.47 Å². The normalized spacial score (nSPS) is 19.8. The Labute approximate surface area is 204 Å². The third-order valence-corrected chi connectivity index (χ3v) is 7.29. The van der Waals surface area contributed by atoms with Crippen LogP contribution in [0.3, 0.4) is 0 Å². The molecule has 0 radical (unpaired) electrons. The maximum atomic E-state index is 14.7. The van der Waals surface area contributed by atoms with Crippen LogP contribution < -0.4 is 0 Å². The van der Waals surface area contributed by atoms with Crippen LogP contribution in [0.4, 0.5) is 4.39 Å². The molecule has 0 N–H and O–H groups in total. The van der Waals surface area contributed by atoms with Crippen LogP contribution in [0.25, 0.3) is 0 Å². The zero-order chi connectivity index (χ0) is 23.6. The Kier molecular flexibility index (Phi) is 9.08. The molecule has 0 aromatic heterocycles. The van der Waals surface area contributed by atoms with Gasteiger partial charge in [0, 0.05) is 12.0 Å². The van der Waals surface area contributed by atoms with E-state index in [2.05, 4.69) is 30.9 Å². The van der Waals surface area contributed by atoms with Gasteiger partial charge in [-0.1, -0.05) is 81.9 Å². The van der Waals surface area contributed by atoms with Gasteiger partial charge in [-0.05, 0) is 66.5 Å². The van der Waals surface area contributed by atoms with Gasteiger partial charge in [0.1, 0.15) is 18.3 Å². The number of unbranched alkanes of at least 4 members (excludes halogenated alkanes) is 1. The molecule has 0 amide bonds. The number of ether oxygens (including phenoxy) is 2. The molecule has 0 unspecified atom stereocenters. The van der Waals surface area contributed by atoms with Crippen molar-refractivity contribution in [1.29, 1.82) is 0 Å². The Morgan fingerprint density at radius 2 is 1.44 bits per heavy atom. The molecule has 2 aromatic rings. The molecular weight excluding hydrogens is 423 g/mol. The number of hydrogen-bond donors (Lipinski definition) is 0. The third-order valence-electron chi connectivity index (χ3n) is 7.29. The molecule has 3 heteroatoms. The molecule has 2 aromatic carbocycles. The average Bonchev–Trinajstić information content (AvgIpc) is 3.39. The van der Waals surface area contributed by atoms with E-state index >= 15 is 0 Å². The van der Waals surface area contributed by atoms with E-state index in [9.17, 15) is 4.39 Å². The predicted molar refractivity (Wildman–Crippen MR) is 136 cm³/mol. The van der Waals surface area contributed by atoms with Crippen LogP contribution in [0.15, 0.2) is 55.0 Å². The topological polar surface area (TPSA) is 18.5 Å². The standard InChI is InChI=1S/C31H37FO2/c1-2-3-4-24-5-7-25(8-6-24)13-14-28-16-19-29(30(32)23-28)18-15-26-9-11-27(12-10-26)17-20-31-33-21-22-34-31/h9-12,16,19,21-25,31H,2-8,13-14,17,20H2,1H3. The van der Waals surface area contributed by atoms with Crippen LogP contribution in [-0.2, 0) is 22.3 Å². The lowest BCUT2D eigenvalue weighted by molar-refractivity contribution is -0.0275. The molecule has 1 saturated carbocycles. The van der Waals surface area contributed by atoms with E-state index in [1.54, 1.807) is 18.6 Å². The Bertz CT molecular complexity index is 982. The molecular formula is C31H37FO2. The number of hydrogen-bond acceptors (Lipinski definition) is 2. The number of benzene rings is 2. The fourth-order valence-electron chi connectivity index (χ4n) is 5.07. The van der Waals surface area contributed by atoms with Crippen LogP contribution >= 0.6 is 0 Å². The molecule has 1 heterocycles. The summed E-state index contributed by atoms with van der Waals surface area (Å²) in [4.78, 5) is 0. The van der Waals surface area contributed by atoms with Crippen molar-refractivity contribution in [1.82, 2.24) is 0 Å². The van der Waals surface area contributed by atoms with Crippen molar-refractivity contribution in [3.05, 3.63) is 83.1 Å². The largest absolute Gasteiger partial charge is 0.459 e. The van der Waals surface area contributed by atoms with Gasteiger partial charge in [-0.25, -0.2) is 4.39 Å². The summed E-state index contributed by atoms with van der Waals surface area (Å²) in [6.45, 7) is 2.28. The molecule has 0 atom stereocenters. The van der Waals surface area contributed by atoms with Gasteiger partial charge < -0.3 is 9.47 Å². The molecule has 2 aliphatic rings. The average molecular weight is 461 g/mol. The van der Waals surface area contributed by atoms with Crippen LogP contribution in [0, 0.1) is 29.5 Å². The molecule has 180 valence electrons. The Morgan fingerprint density at radius 1 is 0.794 bits per heavy atom. The summed E-state index contributed by atoms with van der Waals surface area (Å²) >= 11 is 0. The summed E-state index contributed by atoms with van der Waals surface area (Å²) < 4.78 is 25.3. The summed E-state index contributed by atoms with van der Waals surface area (Å²) in [7, 11) is 0. The molecule has 0 saturated heterocycles. The Morgan fingerprint density at radius 3 is 2.12 bits per heavy atom. The number of aryl methyl sites for hydroxylation is 2. The molecule has 1 aliphatic carbocycles. The highest BCUT2D eigenvalue weighted by Gasteiger charge is 2.20. The van der Waals surface area contributed by atoms with Gasteiger partial charge in [-0.15, -0.1) is 0 Å². The van der Waals surface area contributed by atoms with Crippen LogP contribution in [0.5, 0.6) is 0 Å². The van der Waals surface area contributed by atoms with Gasteiger partial charge in [0.2, 0.25) is 6.29 Å². The quantitative estimate of drug-likeness (QED) is 0.354. The first-order chi connectivity index (χ1) is 16.7. The first-order valence-corrected chi connectivity index (χ1v) is 13.0. The summed E-state index contributed by atoms with van der Waals surface area (Å²) in [6, 6.07) is 13.7. The van der Waals surface area contributed by atoms with Gasteiger partial charge in [0.05, 0.1) is 5.56 Å². The first kappa shape index (κ1) is 24.4. The number of halogens is 1. The lowest BCUT2D eigenvalue weighted by Gasteiger charge is -2.28. The SMILES string of the molecule is CCCCC1CCC(CCc2ccc(C#Cc3ccc(CCC4OC=CO4)cc3)c(F)c2)CC1. The lowest BCUT2D eigenvalue weighted by Crippen LogP contribution is -2.15. The van der Waals surface area contributed by atoms with Crippen LogP contribution in [0.1, 0.15) is 87.0 Å². The smallest absolute Gasteiger partial charge is 0.240 e. The van der Waals surface area contributed by atoms with Crippen molar-refractivity contribution in [3.63, 3.8) is 0 Å². The van der Waals surface area contributed by atoms with Crippen molar-refractivity contribution in [2.75, 3.05) is 0 Å². The van der Waals surface area contributed by atoms with Gasteiger partial charge in [-0.3, -0.25) is 0 Å².